The molecule has 13 heteroatoms. The molecule has 0 bridgehead atoms. The molecule has 2 N–H and O–H groups in total. The van der Waals surface area contributed by atoms with Crippen LogP contribution in [0.4, 0.5) is 0 Å². The monoisotopic (exact) mass is 388 g/mol. The summed E-state index contributed by atoms with van der Waals surface area (Å²) in [5.74, 6) is 0.133. The van der Waals surface area contributed by atoms with E-state index < -0.39 is 15.6 Å². The van der Waals surface area contributed by atoms with E-state index in [1.165, 1.54) is 6.07 Å². The summed E-state index contributed by atoms with van der Waals surface area (Å²) in [4.78, 5) is 43.5. The van der Waals surface area contributed by atoms with E-state index in [1.807, 2.05) is 18.2 Å². The van der Waals surface area contributed by atoms with Gasteiger partial charge in [0.2, 0.25) is 0 Å². The van der Waals surface area contributed by atoms with E-state index in [4.69, 9.17) is 24.1 Å². The molecule has 2 aromatic rings. The smallest absolute Gasteiger partial charge is 0.790 e. The van der Waals surface area contributed by atoms with Crippen molar-refractivity contribution in [2.75, 3.05) is 0 Å². The third-order valence-corrected chi connectivity index (χ3v) is 2.39. The molecule has 8 nitrogen and oxygen atoms in total. The summed E-state index contributed by atoms with van der Waals surface area (Å²) in [6.07, 6.45) is 0. The first-order valence-corrected chi connectivity index (χ1v) is 8.01. The average Bonchev–Trinajstić information content (AvgIpc) is 2.25. The molecule has 0 saturated heterocycles. The minimum absolute atomic E-state index is 0. The van der Waals surface area contributed by atoms with Crippen LogP contribution < -0.4 is 108 Å². The minimum atomic E-state index is -5.14. The van der Waals surface area contributed by atoms with Gasteiger partial charge in [0, 0.05) is 5.39 Å². The van der Waals surface area contributed by atoms with Crippen molar-refractivity contribution in [1.82, 2.24) is 0 Å². The zero-order valence-corrected chi connectivity index (χ0v) is 20.6. The number of phosphoric ester groups is 1. The molecule has 0 aliphatic rings. The van der Waals surface area contributed by atoms with Crippen LogP contribution in [0.3, 0.4) is 0 Å². The predicted octanol–water partition coefficient (Wildman–Crippen LogP) is -9.50. The standard InChI is InChI=1S/C10H9O4P.3Na.H3O4P/c11-15(12,13)14-10-7-3-5-8-4-1-2-6-9(8)10;;;;1-5(2,3)4/h1-7H,(H2,11,12,13);;;;(H3,1,2,3,4)/q;3*+1;/p-3. The fourth-order valence-electron chi connectivity index (χ4n) is 1.40. The fourth-order valence-corrected chi connectivity index (χ4v) is 1.81. The van der Waals surface area contributed by atoms with Crippen LogP contribution in [0.25, 0.3) is 10.8 Å². The van der Waals surface area contributed by atoms with Crippen LogP contribution >= 0.6 is 15.6 Å². The molecule has 0 aliphatic heterocycles. The summed E-state index contributed by atoms with van der Waals surface area (Å²) >= 11 is 0. The van der Waals surface area contributed by atoms with Crippen LogP contribution in [0, 0.1) is 0 Å². The minimum Gasteiger partial charge on any atom is -0.790 e. The molecule has 1 unspecified atom stereocenters. The van der Waals surface area contributed by atoms with Crippen molar-refractivity contribution in [3.63, 3.8) is 0 Å². The van der Waals surface area contributed by atoms with Gasteiger partial charge in [-0.25, -0.2) is 0 Å². The van der Waals surface area contributed by atoms with E-state index in [2.05, 4.69) is 4.52 Å². The van der Waals surface area contributed by atoms with E-state index >= 15 is 0 Å². The van der Waals surface area contributed by atoms with E-state index in [1.54, 1.807) is 18.2 Å². The summed E-state index contributed by atoms with van der Waals surface area (Å²) in [7, 11) is -9.88. The number of fused-ring (bicyclic) bond motifs is 1. The first-order valence-electron chi connectivity index (χ1n) is 5.02. The van der Waals surface area contributed by atoms with E-state index in [0.29, 0.717) is 5.39 Å². The third-order valence-electron chi connectivity index (χ3n) is 1.96. The maximum Gasteiger partial charge on any atom is 1.00 e. The molecule has 0 spiro atoms. The van der Waals surface area contributed by atoms with E-state index in [9.17, 15) is 9.46 Å². The van der Waals surface area contributed by atoms with Gasteiger partial charge in [0.1, 0.15) is 5.75 Å². The molecule has 0 aromatic heterocycles. The van der Waals surface area contributed by atoms with Gasteiger partial charge in [0.05, 0.1) is 7.82 Å². The maximum atomic E-state index is 10.6. The normalized spacial score (nSPS) is 12.2. The molecule has 110 valence electrons. The first-order chi connectivity index (χ1) is 9.06. The molecular weight excluding hydrogens is 379 g/mol. The van der Waals surface area contributed by atoms with Crippen molar-refractivity contribution in [3.05, 3.63) is 42.5 Å². The van der Waals surface area contributed by atoms with Crippen LogP contribution in [0.2, 0.25) is 0 Å². The van der Waals surface area contributed by atoms with Gasteiger partial charge in [-0.15, -0.1) is 0 Å². The van der Waals surface area contributed by atoms with Gasteiger partial charge in [-0.2, -0.15) is 0 Å². The molecule has 23 heavy (non-hydrogen) atoms. The molecule has 2 aromatic carbocycles. The van der Waals surface area contributed by atoms with Crippen molar-refractivity contribution in [2.24, 2.45) is 0 Å². The van der Waals surface area contributed by atoms with Gasteiger partial charge in [-0.3, -0.25) is 4.57 Å². The molecule has 1 atom stereocenters. The van der Waals surface area contributed by atoms with Crippen molar-refractivity contribution in [1.29, 1.82) is 0 Å². The van der Waals surface area contributed by atoms with Crippen molar-refractivity contribution in [2.45, 2.75) is 0 Å². The topological polar surface area (TPSA) is 153 Å². The number of hydrogen-bond acceptors (Lipinski definition) is 6. The Hall–Kier alpha value is 1.76. The maximum absolute atomic E-state index is 10.6. The van der Waals surface area contributed by atoms with Gasteiger partial charge < -0.3 is 33.6 Å². The van der Waals surface area contributed by atoms with E-state index in [-0.39, 0.29) is 94.4 Å². The molecular formula is C10H9Na3O8P2. The zero-order chi connectivity index (χ0) is 15.4. The number of benzene rings is 2. The Kier molecular flexibility index (Phi) is 16.7. The average molecular weight is 388 g/mol. The van der Waals surface area contributed by atoms with Gasteiger partial charge in [0.15, 0.2) is 0 Å². The molecule has 0 heterocycles. The quantitative estimate of drug-likeness (QED) is 0.380. The SMILES string of the molecule is O=P([O-])(O)Oc1cccc2ccccc12.O=P([O-])([O-])O.[Na+].[Na+].[Na+]. The Balaban J connectivity index is -0.000000444. The predicted molar refractivity (Wildman–Crippen MR) is 64.2 cm³/mol. The summed E-state index contributed by atoms with van der Waals surface area (Å²) in [6, 6.07) is 12.1. The van der Waals surface area contributed by atoms with Crippen LogP contribution in [0.1, 0.15) is 0 Å². The molecule has 0 amide bonds. The summed E-state index contributed by atoms with van der Waals surface area (Å²) in [5.41, 5.74) is 0. The molecule has 2 rings (SSSR count). The molecule has 0 saturated carbocycles. The van der Waals surface area contributed by atoms with Gasteiger partial charge in [0.25, 0.3) is 0 Å². The summed E-state index contributed by atoms with van der Waals surface area (Å²) in [5, 5.41) is 1.49. The van der Waals surface area contributed by atoms with Crippen LogP contribution in [-0.2, 0) is 9.13 Å². The van der Waals surface area contributed by atoms with E-state index in [0.717, 1.165) is 5.39 Å². The van der Waals surface area contributed by atoms with Crippen LogP contribution in [0.5, 0.6) is 5.75 Å². The molecule has 0 radical (unpaired) electrons. The Morgan fingerprint density at radius 2 is 1.26 bits per heavy atom. The summed E-state index contributed by atoms with van der Waals surface area (Å²) in [6.45, 7) is 0. The second kappa shape index (κ2) is 13.0. The van der Waals surface area contributed by atoms with Crippen LogP contribution in [-0.4, -0.2) is 9.79 Å². The number of hydrogen-bond donors (Lipinski definition) is 2. The Bertz CT molecular complexity index is 673. The second-order valence-corrected chi connectivity index (χ2v) is 5.56. The van der Waals surface area contributed by atoms with Crippen molar-refractivity contribution < 1.29 is 127 Å². The van der Waals surface area contributed by atoms with Crippen molar-refractivity contribution in [3.8, 4) is 5.75 Å². The van der Waals surface area contributed by atoms with Gasteiger partial charge >= 0.3 is 96.5 Å². The Morgan fingerprint density at radius 3 is 1.74 bits per heavy atom. The van der Waals surface area contributed by atoms with Gasteiger partial charge in [-0.05, 0) is 11.5 Å². The molecule has 0 aliphatic carbocycles. The fraction of sp³-hybridized carbons (Fsp3) is 0. The van der Waals surface area contributed by atoms with Crippen molar-refractivity contribution >= 4 is 26.4 Å². The zero-order valence-electron chi connectivity index (χ0n) is 12.8. The Labute approximate surface area is 199 Å². The summed E-state index contributed by atoms with van der Waals surface area (Å²) < 4.78 is 23.7. The Morgan fingerprint density at radius 1 is 0.826 bits per heavy atom. The number of rotatable bonds is 2. The number of phosphoric acid groups is 2. The third kappa shape index (κ3) is 14.6. The van der Waals surface area contributed by atoms with Gasteiger partial charge in [-0.1, -0.05) is 36.4 Å². The second-order valence-electron chi connectivity index (χ2n) is 3.51. The molecule has 0 fully saturated rings. The largest absolute Gasteiger partial charge is 1.00 e. The first kappa shape index (κ1) is 29.5. The van der Waals surface area contributed by atoms with Crippen LogP contribution in [0.15, 0.2) is 42.5 Å².